The number of aromatic nitrogens is 5. The number of H-pyrrole nitrogens is 1. The maximum Gasteiger partial charge on any atom is 0.221 e. The van der Waals surface area contributed by atoms with E-state index in [2.05, 4.69) is 35.2 Å². The lowest BCUT2D eigenvalue weighted by Gasteiger charge is -2.05. The van der Waals surface area contributed by atoms with Crippen LogP contribution in [-0.4, -0.2) is 31.2 Å². The number of nitrogens with two attached hydrogens (primary N) is 1. The van der Waals surface area contributed by atoms with Gasteiger partial charge in [0.2, 0.25) is 5.91 Å². The van der Waals surface area contributed by atoms with Crippen molar-refractivity contribution in [1.29, 1.82) is 0 Å². The number of anilines is 2. The van der Waals surface area contributed by atoms with E-state index in [1.807, 2.05) is 24.3 Å². The van der Waals surface area contributed by atoms with Crippen molar-refractivity contribution in [3.05, 3.63) is 36.7 Å². The van der Waals surface area contributed by atoms with Gasteiger partial charge in [-0.2, -0.15) is 0 Å². The minimum absolute atomic E-state index is 0.106. The highest BCUT2D eigenvalue weighted by Crippen LogP contribution is 2.33. The Hall–Kier alpha value is -3.40. The molecule has 0 bridgehead atoms. The largest absolute Gasteiger partial charge is 0.379 e. The quantitative estimate of drug-likeness (QED) is 0.501. The number of pyridine rings is 1. The van der Waals surface area contributed by atoms with Crippen LogP contribution in [0.15, 0.2) is 51.1 Å². The molecule has 9 nitrogen and oxygen atoms in total. The number of hydrogen-bond donors (Lipinski definition) is 3. The van der Waals surface area contributed by atoms with Crippen molar-refractivity contribution >= 4 is 40.2 Å². The fourth-order valence-corrected chi connectivity index (χ4v) is 3.29. The van der Waals surface area contributed by atoms with Crippen LogP contribution in [0.5, 0.6) is 0 Å². The van der Waals surface area contributed by atoms with Crippen molar-refractivity contribution in [3.8, 4) is 11.5 Å². The standard InChI is InChI=1S/C16H13N7O2S/c1-8(24)19-9-2-4-10(5-3-9)26-12-7-18-6-11-13(12)21-16(20-11)14-15(17)23-25-22-14/h2-7H,1H3,(H2,17,23)(H,19,24)(H,20,21). The van der Waals surface area contributed by atoms with E-state index in [4.69, 9.17) is 5.73 Å². The molecule has 0 radical (unpaired) electrons. The maximum atomic E-state index is 11.1. The first-order valence-corrected chi connectivity index (χ1v) is 8.39. The van der Waals surface area contributed by atoms with E-state index in [-0.39, 0.29) is 11.7 Å². The fraction of sp³-hybridized carbons (Fsp3) is 0.0625. The minimum Gasteiger partial charge on any atom is -0.379 e. The van der Waals surface area contributed by atoms with Gasteiger partial charge in [0.25, 0.3) is 0 Å². The van der Waals surface area contributed by atoms with Crippen molar-refractivity contribution in [3.63, 3.8) is 0 Å². The lowest BCUT2D eigenvalue weighted by Crippen LogP contribution is -2.05. The zero-order valence-corrected chi connectivity index (χ0v) is 14.4. The summed E-state index contributed by atoms with van der Waals surface area (Å²) in [6.07, 6.45) is 3.41. The summed E-state index contributed by atoms with van der Waals surface area (Å²) >= 11 is 1.52. The second-order valence-corrected chi connectivity index (χ2v) is 6.54. The molecule has 3 aromatic heterocycles. The molecule has 0 saturated carbocycles. The van der Waals surface area contributed by atoms with E-state index < -0.39 is 0 Å². The molecule has 1 aromatic carbocycles. The van der Waals surface area contributed by atoms with Crippen LogP contribution in [0, 0.1) is 0 Å². The normalized spacial score (nSPS) is 11.0. The second kappa shape index (κ2) is 6.48. The summed E-state index contributed by atoms with van der Waals surface area (Å²) in [6.45, 7) is 1.47. The highest BCUT2D eigenvalue weighted by Gasteiger charge is 2.16. The number of amides is 1. The lowest BCUT2D eigenvalue weighted by molar-refractivity contribution is -0.114. The van der Waals surface area contributed by atoms with Crippen LogP contribution in [0.1, 0.15) is 6.92 Å². The summed E-state index contributed by atoms with van der Waals surface area (Å²) in [4.78, 5) is 24.9. The predicted octanol–water partition coefficient (Wildman–Crippen LogP) is 2.70. The van der Waals surface area contributed by atoms with Gasteiger partial charge in [-0.15, -0.1) is 0 Å². The number of carbonyl (C=O) groups excluding carboxylic acids is 1. The summed E-state index contributed by atoms with van der Waals surface area (Å²) in [6, 6.07) is 7.53. The lowest BCUT2D eigenvalue weighted by atomic mass is 10.3. The van der Waals surface area contributed by atoms with Gasteiger partial charge in [-0.1, -0.05) is 11.8 Å². The van der Waals surface area contributed by atoms with E-state index >= 15 is 0 Å². The second-order valence-electron chi connectivity index (χ2n) is 5.42. The molecule has 3 heterocycles. The molecular formula is C16H13N7O2S. The number of fused-ring (bicyclic) bond motifs is 1. The summed E-state index contributed by atoms with van der Waals surface area (Å²) in [5.74, 6) is 0.528. The predicted molar refractivity (Wildman–Crippen MR) is 96.5 cm³/mol. The Morgan fingerprint density at radius 1 is 1.23 bits per heavy atom. The van der Waals surface area contributed by atoms with Gasteiger partial charge in [0.1, 0.15) is 5.52 Å². The number of hydrogen-bond acceptors (Lipinski definition) is 8. The molecule has 0 aliphatic rings. The molecule has 10 heteroatoms. The Labute approximate surface area is 151 Å². The summed E-state index contributed by atoms with van der Waals surface area (Å²) in [7, 11) is 0. The molecule has 4 N–H and O–H groups in total. The van der Waals surface area contributed by atoms with Crippen LogP contribution in [-0.2, 0) is 4.79 Å². The number of nitrogens with one attached hydrogen (secondary N) is 2. The van der Waals surface area contributed by atoms with E-state index in [9.17, 15) is 4.79 Å². The zero-order valence-electron chi connectivity index (χ0n) is 13.6. The van der Waals surface area contributed by atoms with Crippen molar-refractivity contribution in [1.82, 2.24) is 25.3 Å². The van der Waals surface area contributed by atoms with Crippen molar-refractivity contribution in [2.24, 2.45) is 0 Å². The van der Waals surface area contributed by atoms with Crippen molar-refractivity contribution in [2.75, 3.05) is 11.1 Å². The Morgan fingerprint density at radius 3 is 2.73 bits per heavy atom. The smallest absolute Gasteiger partial charge is 0.221 e. The minimum atomic E-state index is -0.106. The van der Waals surface area contributed by atoms with Crippen LogP contribution < -0.4 is 11.1 Å². The summed E-state index contributed by atoms with van der Waals surface area (Å²) in [5, 5.41) is 10.1. The Balaban J connectivity index is 1.65. The van der Waals surface area contributed by atoms with Gasteiger partial charge in [-0.05, 0) is 34.6 Å². The van der Waals surface area contributed by atoms with Gasteiger partial charge in [0, 0.05) is 23.7 Å². The zero-order chi connectivity index (χ0) is 18.1. The van der Waals surface area contributed by atoms with Crippen LogP contribution in [0.25, 0.3) is 22.6 Å². The first kappa shape index (κ1) is 16.1. The van der Waals surface area contributed by atoms with Crippen LogP contribution in [0.3, 0.4) is 0 Å². The molecule has 26 heavy (non-hydrogen) atoms. The number of nitrogens with zero attached hydrogens (tertiary/aromatic N) is 4. The van der Waals surface area contributed by atoms with Crippen molar-refractivity contribution < 1.29 is 9.42 Å². The molecule has 0 aliphatic carbocycles. The van der Waals surface area contributed by atoms with E-state index in [1.54, 1.807) is 12.4 Å². The average molecular weight is 367 g/mol. The molecule has 0 unspecified atom stereocenters. The van der Waals surface area contributed by atoms with Crippen molar-refractivity contribution in [2.45, 2.75) is 16.7 Å². The number of benzene rings is 1. The SMILES string of the molecule is CC(=O)Nc1ccc(Sc2cncc3nc(-c4nonc4N)[nH]c23)cc1. The van der Waals surface area contributed by atoms with Gasteiger partial charge in [-0.3, -0.25) is 9.78 Å². The molecule has 1 amide bonds. The van der Waals surface area contributed by atoms with E-state index in [0.717, 1.165) is 21.0 Å². The molecular weight excluding hydrogens is 354 g/mol. The highest BCUT2D eigenvalue weighted by atomic mass is 32.2. The Kier molecular flexibility index (Phi) is 4.01. The summed E-state index contributed by atoms with van der Waals surface area (Å²) in [5.41, 5.74) is 8.33. The maximum absolute atomic E-state index is 11.1. The van der Waals surface area contributed by atoms with Gasteiger partial charge >= 0.3 is 0 Å². The number of nitrogen functional groups attached to an aromatic ring is 1. The van der Waals surface area contributed by atoms with Gasteiger partial charge in [-0.25, -0.2) is 9.61 Å². The average Bonchev–Trinajstić information content (AvgIpc) is 3.22. The monoisotopic (exact) mass is 367 g/mol. The molecule has 4 aromatic rings. The third-order valence-corrected chi connectivity index (χ3v) is 4.54. The number of imidazole rings is 1. The molecule has 0 fully saturated rings. The molecule has 130 valence electrons. The third-order valence-electron chi connectivity index (χ3n) is 3.51. The van der Waals surface area contributed by atoms with Gasteiger partial charge < -0.3 is 16.0 Å². The Morgan fingerprint density at radius 2 is 2.04 bits per heavy atom. The number of aromatic amines is 1. The van der Waals surface area contributed by atoms with Crippen LogP contribution >= 0.6 is 11.8 Å². The number of rotatable bonds is 4. The van der Waals surface area contributed by atoms with Crippen LogP contribution in [0.2, 0.25) is 0 Å². The topological polar surface area (TPSA) is 136 Å². The highest BCUT2D eigenvalue weighted by molar-refractivity contribution is 7.99. The van der Waals surface area contributed by atoms with E-state index in [0.29, 0.717) is 17.0 Å². The first-order chi connectivity index (χ1) is 12.6. The summed E-state index contributed by atoms with van der Waals surface area (Å²) < 4.78 is 4.62. The fourth-order valence-electron chi connectivity index (χ4n) is 2.39. The molecule has 0 atom stereocenters. The third kappa shape index (κ3) is 3.09. The van der Waals surface area contributed by atoms with Crippen LogP contribution in [0.4, 0.5) is 11.5 Å². The molecule has 4 rings (SSSR count). The molecule has 0 spiro atoms. The van der Waals surface area contributed by atoms with E-state index in [1.165, 1.54) is 18.7 Å². The number of carbonyl (C=O) groups is 1. The molecule has 0 aliphatic heterocycles. The molecule has 0 saturated heterocycles. The Bertz CT molecular complexity index is 1090. The first-order valence-electron chi connectivity index (χ1n) is 7.58. The van der Waals surface area contributed by atoms with Gasteiger partial charge in [0.15, 0.2) is 17.3 Å². The van der Waals surface area contributed by atoms with Gasteiger partial charge in [0.05, 0.1) is 16.6 Å².